The molecule has 0 fully saturated rings. The number of amides is 1. The molecule has 0 heterocycles. The minimum atomic E-state index is -3.36. The zero-order valence-electron chi connectivity index (χ0n) is 11.1. The van der Waals surface area contributed by atoms with Crippen LogP contribution in [0.3, 0.4) is 0 Å². The first-order chi connectivity index (χ1) is 9.77. The number of benzene rings is 2. The Morgan fingerprint density at radius 1 is 1.19 bits per heavy atom. The van der Waals surface area contributed by atoms with Gasteiger partial charge in [-0.05, 0) is 36.4 Å². The van der Waals surface area contributed by atoms with Gasteiger partial charge in [0.15, 0.2) is 9.84 Å². The highest BCUT2D eigenvalue weighted by molar-refractivity contribution is 7.90. The highest BCUT2D eigenvalue weighted by Crippen LogP contribution is 2.23. The van der Waals surface area contributed by atoms with Crippen LogP contribution in [0.4, 0.5) is 11.4 Å². The number of halogens is 1. The molecule has 0 unspecified atom stereocenters. The molecule has 0 aliphatic carbocycles. The lowest BCUT2D eigenvalue weighted by atomic mass is 10.2. The van der Waals surface area contributed by atoms with Crippen molar-refractivity contribution in [1.82, 2.24) is 0 Å². The number of carbonyl (C=O) groups is 1. The van der Waals surface area contributed by atoms with Gasteiger partial charge in [-0.15, -0.1) is 0 Å². The highest BCUT2D eigenvalue weighted by atomic mass is 35.5. The lowest BCUT2D eigenvalue weighted by molar-refractivity contribution is 0.102. The molecular weight excluding hydrogens is 312 g/mol. The van der Waals surface area contributed by atoms with Gasteiger partial charge in [-0.2, -0.15) is 0 Å². The summed E-state index contributed by atoms with van der Waals surface area (Å²) in [6, 6.07) is 10.5. The molecule has 0 saturated heterocycles. The normalized spacial score (nSPS) is 11.1. The molecular formula is C14H13ClN2O3S. The average molecular weight is 325 g/mol. The zero-order chi connectivity index (χ0) is 15.6. The van der Waals surface area contributed by atoms with Gasteiger partial charge in [-0.25, -0.2) is 8.42 Å². The Balaban J connectivity index is 2.26. The minimum Gasteiger partial charge on any atom is -0.397 e. The first kappa shape index (κ1) is 15.3. The number of nitrogen functional groups attached to an aromatic ring is 1. The molecule has 5 nitrogen and oxygen atoms in total. The molecule has 0 radical (unpaired) electrons. The summed E-state index contributed by atoms with van der Waals surface area (Å²) in [5.41, 5.74) is 6.72. The molecule has 2 rings (SSSR count). The molecule has 0 aromatic heterocycles. The van der Waals surface area contributed by atoms with E-state index in [1.807, 2.05) is 0 Å². The molecule has 3 N–H and O–H groups in total. The van der Waals surface area contributed by atoms with Gasteiger partial charge in [0.1, 0.15) is 0 Å². The summed E-state index contributed by atoms with van der Waals surface area (Å²) < 4.78 is 23.0. The van der Waals surface area contributed by atoms with E-state index < -0.39 is 15.7 Å². The van der Waals surface area contributed by atoms with Crippen LogP contribution < -0.4 is 11.1 Å². The van der Waals surface area contributed by atoms with Gasteiger partial charge < -0.3 is 11.1 Å². The molecule has 2 aromatic carbocycles. The Labute approximate surface area is 127 Å². The molecule has 110 valence electrons. The third-order valence-electron chi connectivity index (χ3n) is 2.78. The number of nitrogens with two attached hydrogens (primary N) is 1. The van der Waals surface area contributed by atoms with Crippen molar-refractivity contribution >= 4 is 38.7 Å². The van der Waals surface area contributed by atoms with Crippen LogP contribution in [0.5, 0.6) is 0 Å². The number of hydrogen-bond donors (Lipinski definition) is 2. The molecule has 0 bridgehead atoms. The largest absolute Gasteiger partial charge is 0.397 e. The van der Waals surface area contributed by atoms with Crippen molar-refractivity contribution in [3.8, 4) is 0 Å². The van der Waals surface area contributed by atoms with E-state index >= 15 is 0 Å². The smallest absolute Gasteiger partial charge is 0.255 e. The van der Waals surface area contributed by atoms with E-state index in [2.05, 4.69) is 5.32 Å². The minimum absolute atomic E-state index is 0.0887. The van der Waals surface area contributed by atoms with E-state index in [0.29, 0.717) is 16.4 Å². The van der Waals surface area contributed by atoms with Crippen LogP contribution >= 0.6 is 11.6 Å². The van der Waals surface area contributed by atoms with E-state index in [0.717, 1.165) is 6.26 Å². The van der Waals surface area contributed by atoms with Gasteiger partial charge in [-0.3, -0.25) is 4.79 Å². The predicted molar refractivity (Wildman–Crippen MR) is 83.4 cm³/mol. The molecule has 0 spiro atoms. The third kappa shape index (κ3) is 3.74. The fourth-order valence-corrected chi connectivity index (χ4v) is 2.48. The summed E-state index contributed by atoms with van der Waals surface area (Å²) in [7, 11) is -3.36. The SMILES string of the molecule is CS(=O)(=O)c1cccc(C(=O)Nc2ccc(Cl)c(N)c2)c1. The van der Waals surface area contributed by atoms with Crippen molar-refractivity contribution < 1.29 is 13.2 Å². The number of carbonyl (C=O) groups excluding carboxylic acids is 1. The molecule has 0 aliphatic rings. The van der Waals surface area contributed by atoms with Gasteiger partial charge >= 0.3 is 0 Å². The molecule has 1 amide bonds. The Bertz CT molecular complexity index is 804. The van der Waals surface area contributed by atoms with Crippen LogP contribution in [0, 0.1) is 0 Å². The monoisotopic (exact) mass is 324 g/mol. The summed E-state index contributed by atoms with van der Waals surface area (Å²) in [5.74, 6) is -0.428. The first-order valence-corrected chi connectivity index (χ1v) is 8.21. The van der Waals surface area contributed by atoms with E-state index in [1.165, 1.54) is 30.3 Å². The summed E-state index contributed by atoms with van der Waals surface area (Å²) in [6.07, 6.45) is 1.09. The van der Waals surface area contributed by atoms with Crippen molar-refractivity contribution in [3.05, 3.63) is 53.1 Å². The standard InChI is InChI=1S/C14H13ClN2O3S/c1-21(19,20)11-4-2-3-9(7-11)14(18)17-10-5-6-12(15)13(16)8-10/h2-8H,16H2,1H3,(H,17,18). The maximum absolute atomic E-state index is 12.1. The van der Waals surface area contributed by atoms with Crippen LogP contribution in [0.1, 0.15) is 10.4 Å². The van der Waals surface area contributed by atoms with Gasteiger partial charge in [0.2, 0.25) is 0 Å². The first-order valence-electron chi connectivity index (χ1n) is 5.94. The van der Waals surface area contributed by atoms with E-state index in [9.17, 15) is 13.2 Å². The number of anilines is 2. The number of nitrogens with one attached hydrogen (secondary N) is 1. The highest BCUT2D eigenvalue weighted by Gasteiger charge is 2.12. The fraction of sp³-hybridized carbons (Fsp3) is 0.0714. The van der Waals surface area contributed by atoms with E-state index in [-0.39, 0.29) is 10.5 Å². The Morgan fingerprint density at radius 3 is 2.52 bits per heavy atom. The maximum Gasteiger partial charge on any atom is 0.255 e. The van der Waals surface area contributed by atoms with E-state index in [4.69, 9.17) is 17.3 Å². The Kier molecular flexibility index (Phi) is 4.20. The van der Waals surface area contributed by atoms with Crippen molar-refractivity contribution in [2.75, 3.05) is 17.3 Å². The average Bonchev–Trinajstić information content (AvgIpc) is 2.42. The maximum atomic E-state index is 12.1. The summed E-state index contributed by atoms with van der Waals surface area (Å²) >= 11 is 5.80. The van der Waals surface area contributed by atoms with Crippen LogP contribution in [-0.4, -0.2) is 20.6 Å². The van der Waals surface area contributed by atoms with Gasteiger partial charge in [0, 0.05) is 17.5 Å². The second-order valence-corrected chi connectivity index (χ2v) is 6.91. The zero-order valence-corrected chi connectivity index (χ0v) is 12.7. The second kappa shape index (κ2) is 5.75. The fourth-order valence-electron chi connectivity index (χ4n) is 1.69. The lowest BCUT2D eigenvalue weighted by Gasteiger charge is -2.08. The predicted octanol–water partition coefficient (Wildman–Crippen LogP) is 2.58. The van der Waals surface area contributed by atoms with Crippen molar-refractivity contribution in [1.29, 1.82) is 0 Å². The lowest BCUT2D eigenvalue weighted by Crippen LogP contribution is -2.12. The summed E-state index contributed by atoms with van der Waals surface area (Å²) in [5, 5.41) is 3.03. The molecule has 21 heavy (non-hydrogen) atoms. The Hall–Kier alpha value is -2.05. The molecule has 0 aliphatic heterocycles. The van der Waals surface area contributed by atoms with E-state index in [1.54, 1.807) is 12.1 Å². The molecule has 2 aromatic rings. The number of rotatable bonds is 3. The topological polar surface area (TPSA) is 89.3 Å². The van der Waals surface area contributed by atoms with Crippen molar-refractivity contribution in [2.45, 2.75) is 4.90 Å². The van der Waals surface area contributed by atoms with Crippen LogP contribution in [-0.2, 0) is 9.84 Å². The third-order valence-corrected chi connectivity index (χ3v) is 4.23. The van der Waals surface area contributed by atoms with Crippen LogP contribution in [0.15, 0.2) is 47.4 Å². The van der Waals surface area contributed by atoms with Gasteiger partial charge in [-0.1, -0.05) is 17.7 Å². The molecule has 0 saturated carbocycles. The quantitative estimate of drug-likeness (QED) is 0.849. The number of hydrogen-bond acceptors (Lipinski definition) is 4. The van der Waals surface area contributed by atoms with Gasteiger partial charge in [0.05, 0.1) is 15.6 Å². The van der Waals surface area contributed by atoms with Crippen molar-refractivity contribution in [3.63, 3.8) is 0 Å². The van der Waals surface area contributed by atoms with Crippen LogP contribution in [0.2, 0.25) is 5.02 Å². The molecule has 0 atom stereocenters. The van der Waals surface area contributed by atoms with Crippen molar-refractivity contribution in [2.24, 2.45) is 0 Å². The molecule has 7 heteroatoms. The Morgan fingerprint density at radius 2 is 1.90 bits per heavy atom. The van der Waals surface area contributed by atoms with Crippen LogP contribution in [0.25, 0.3) is 0 Å². The second-order valence-electron chi connectivity index (χ2n) is 4.49. The number of sulfone groups is 1. The van der Waals surface area contributed by atoms with Gasteiger partial charge in [0.25, 0.3) is 5.91 Å². The summed E-state index contributed by atoms with van der Waals surface area (Å²) in [4.78, 5) is 12.2. The summed E-state index contributed by atoms with van der Waals surface area (Å²) in [6.45, 7) is 0.